The van der Waals surface area contributed by atoms with Gasteiger partial charge in [0.1, 0.15) is 11.2 Å². The first kappa shape index (κ1) is 38.5. The van der Waals surface area contributed by atoms with E-state index in [1.165, 1.54) is 49.4 Å². The Kier molecular flexibility index (Phi) is 9.17. The van der Waals surface area contributed by atoms with Crippen LogP contribution < -0.4 is 4.90 Å². The smallest absolute Gasteiger partial charge is 0.143 e. The molecular formula is C64H42N2O. The van der Waals surface area contributed by atoms with Gasteiger partial charge in [-0.25, -0.2) is 0 Å². The summed E-state index contributed by atoms with van der Waals surface area (Å²) in [7, 11) is 0. The molecule has 0 aliphatic rings. The molecule has 0 fully saturated rings. The first-order valence-electron chi connectivity index (χ1n) is 22.9. The minimum Gasteiger partial charge on any atom is -0.455 e. The molecule has 3 heteroatoms. The number of furan rings is 1. The number of fused-ring (bicyclic) bond motifs is 8. The van der Waals surface area contributed by atoms with E-state index in [-0.39, 0.29) is 0 Å². The van der Waals surface area contributed by atoms with Gasteiger partial charge in [0.25, 0.3) is 0 Å². The summed E-state index contributed by atoms with van der Waals surface area (Å²) < 4.78 is 8.88. The highest BCUT2D eigenvalue weighted by Gasteiger charge is 2.17. The van der Waals surface area contributed by atoms with E-state index < -0.39 is 0 Å². The highest BCUT2D eigenvalue weighted by molar-refractivity contribution is 6.15. The van der Waals surface area contributed by atoms with E-state index in [1.807, 2.05) is 0 Å². The van der Waals surface area contributed by atoms with Crippen LogP contribution in [0.3, 0.4) is 0 Å². The van der Waals surface area contributed by atoms with Gasteiger partial charge in [0, 0.05) is 49.7 Å². The van der Waals surface area contributed by atoms with E-state index in [0.29, 0.717) is 0 Å². The number of aromatic nitrogens is 1. The van der Waals surface area contributed by atoms with Gasteiger partial charge in [-0.2, -0.15) is 0 Å². The molecule has 0 saturated heterocycles. The quantitative estimate of drug-likeness (QED) is 0.152. The van der Waals surface area contributed by atoms with Crippen molar-refractivity contribution in [2.75, 3.05) is 4.90 Å². The van der Waals surface area contributed by atoms with Crippen LogP contribution in [0.2, 0.25) is 0 Å². The number of rotatable bonds is 8. The van der Waals surface area contributed by atoms with Crippen molar-refractivity contribution in [3.63, 3.8) is 0 Å². The summed E-state index contributed by atoms with van der Waals surface area (Å²) in [4.78, 5) is 2.36. The Balaban J connectivity index is 0.882. The van der Waals surface area contributed by atoms with Crippen molar-refractivity contribution in [2.24, 2.45) is 0 Å². The number of para-hydroxylation sites is 2. The Morgan fingerprint density at radius 2 is 0.776 bits per heavy atom. The van der Waals surface area contributed by atoms with Crippen molar-refractivity contribution >= 4 is 71.6 Å². The van der Waals surface area contributed by atoms with E-state index in [9.17, 15) is 0 Å². The number of nitrogens with zero attached hydrogens (tertiary/aromatic N) is 2. The lowest BCUT2D eigenvalue weighted by molar-refractivity contribution is 0.672. The number of hydrogen-bond donors (Lipinski definition) is 0. The van der Waals surface area contributed by atoms with E-state index in [4.69, 9.17) is 4.42 Å². The lowest BCUT2D eigenvalue weighted by Gasteiger charge is -2.26. The van der Waals surface area contributed by atoms with Crippen LogP contribution in [0.1, 0.15) is 0 Å². The first-order chi connectivity index (χ1) is 33.2. The van der Waals surface area contributed by atoms with Gasteiger partial charge in [-0.15, -0.1) is 0 Å². The first-order valence-corrected chi connectivity index (χ1v) is 22.9. The van der Waals surface area contributed by atoms with Crippen molar-refractivity contribution in [1.82, 2.24) is 4.57 Å². The van der Waals surface area contributed by atoms with E-state index in [1.54, 1.807) is 0 Å². The zero-order valence-corrected chi connectivity index (χ0v) is 36.6. The molecule has 11 aromatic carbocycles. The number of benzene rings is 11. The van der Waals surface area contributed by atoms with Crippen molar-refractivity contribution in [2.45, 2.75) is 0 Å². The lowest BCUT2D eigenvalue weighted by atomic mass is 9.99. The molecule has 13 aromatic rings. The Hall–Kier alpha value is -8.92. The molecule has 0 unspecified atom stereocenters. The highest BCUT2D eigenvalue weighted by Crippen LogP contribution is 2.41. The van der Waals surface area contributed by atoms with Crippen LogP contribution in [-0.2, 0) is 0 Å². The number of anilines is 3. The van der Waals surface area contributed by atoms with Crippen LogP contribution in [0, 0.1) is 0 Å². The predicted octanol–water partition coefficient (Wildman–Crippen LogP) is 18.0. The average Bonchev–Trinajstić information content (AvgIpc) is 3.96. The second-order valence-electron chi connectivity index (χ2n) is 17.3. The van der Waals surface area contributed by atoms with Crippen molar-refractivity contribution in [1.29, 1.82) is 0 Å². The van der Waals surface area contributed by atoms with Gasteiger partial charge in [0.2, 0.25) is 0 Å². The van der Waals surface area contributed by atoms with Crippen LogP contribution in [-0.4, -0.2) is 4.57 Å². The molecule has 0 saturated carbocycles. The molecule has 13 rings (SSSR count). The maximum absolute atomic E-state index is 6.49. The normalized spacial score (nSPS) is 11.6. The maximum atomic E-state index is 6.49. The summed E-state index contributed by atoms with van der Waals surface area (Å²) in [5.41, 5.74) is 18.0. The maximum Gasteiger partial charge on any atom is 0.143 e. The molecule has 0 atom stereocenters. The SMILES string of the molecule is c1ccc(-c2ccc(-c3ccc(N(c4ccc(-c5cccc(-n6c7ccccc7c7ccccc76)c5)cc4)c4cccc(-c5ccc6oc7c8ccccc8ccc7c6c5)c4)cc3)cc2)cc1. The Morgan fingerprint density at radius 1 is 0.284 bits per heavy atom. The van der Waals surface area contributed by atoms with E-state index >= 15 is 0 Å². The topological polar surface area (TPSA) is 21.3 Å². The summed E-state index contributed by atoms with van der Waals surface area (Å²) in [6.07, 6.45) is 0. The van der Waals surface area contributed by atoms with Crippen LogP contribution in [0.25, 0.3) is 105 Å². The van der Waals surface area contributed by atoms with Crippen molar-refractivity contribution < 1.29 is 4.42 Å². The third kappa shape index (κ3) is 6.76. The van der Waals surface area contributed by atoms with Gasteiger partial charge >= 0.3 is 0 Å². The van der Waals surface area contributed by atoms with Crippen LogP contribution in [0.5, 0.6) is 0 Å². The molecule has 0 N–H and O–H groups in total. The standard InChI is InChI=1S/C64H42N2O/c1-2-12-43(13-3-1)44-24-26-45(27-25-44)46-28-34-52(35-29-46)65(54-17-11-16-50(41-54)51-33-39-63-60(42-51)59-38-32-48-14-4-5-19-56(48)64(59)67-63)53-36-30-47(31-37-53)49-15-10-18-55(40-49)66-61-22-8-6-20-57(61)58-21-7-9-23-62(58)66/h1-42H. The Bertz CT molecular complexity index is 3900. The molecule has 2 heterocycles. The zero-order chi connectivity index (χ0) is 44.3. The molecule has 0 bridgehead atoms. The highest BCUT2D eigenvalue weighted by atomic mass is 16.3. The largest absolute Gasteiger partial charge is 0.455 e. The van der Waals surface area contributed by atoms with Crippen LogP contribution in [0.15, 0.2) is 259 Å². The minimum absolute atomic E-state index is 0.892. The predicted molar refractivity (Wildman–Crippen MR) is 282 cm³/mol. The summed E-state index contributed by atoms with van der Waals surface area (Å²) in [5, 5.41) is 7.07. The summed E-state index contributed by atoms with van der Waals surface area (Å²) in [5.74, 6) is 0. The second-order valence-corrected chi connectivity index (χ2v) is 17.3. The van der Waals surface area contributed by atoms with Gasteiger partial charge in [-0.05, 0) is 129 Å². The molecule has 0 aliphatic carbocycles. The molecule has 0 radical (unpaired) electrons. The van der Waals surface area contributed by atoms with Crippen LogP contribution in [0.4, 0.5) is 17.1 Å². The third-order valence-corrected chi connectivity index (χ3v) is 13.4. The van der Waals surface area contributed by atoms with Gasteiger partial charge < -0.3 is 13.9 Å². The summed E-state index contributed by atoms with van der Waals surface area (Å²) in [6, 6.07) is 91.9. The molecule has 314 valence electrons. The molecule has 0 spiro atoms. The van der Waals surface area contributed by atoms with Crippen molar-refractivity contribution in [3.8, 4) is 50.2 Å². The van der Waals surface area contributed by atoms with Gasteiger partial charge in [0.05, 0.1) is 11.0 Å². The molecular weight excluding hydrogens is 813 g/mol. The fraction of sp³-hybridized carbons (Fsp3) is 0. The lowest BCUT2D eigenvalue weighted by Crippen LogP contribution is -2.10. The van der Waals surface area contributed by atoms with Crippen LogP contribution >= 0.6 is 0 Å². The average molecular weight is 855 g/mol. The molecule has 67 heavy (non-hydrogen) atoms. The Labute approximate surface area is 388 Å². The van der Waals surface area contributed by atoms with E-state index in [2.05, 4.69) is 264 Å². The molecule has 0 amide bonds. The van der Waals surface area contributed by atoms with Crippen molar-refractivity contribution in [3.05, 3.63) is 255 Å². The molecule has 2 aromatic heterocycles. The molecule has 0 aliphatic heterocycles. The molecule has 3 nitrogen and oxygen atoms in total. The van der Waals surface area contributed by atoms with E-state index in [0.717, 1.165) is 72.3 Å². The fourth-order valence-corrected chi connectivity index (χ4v) is 10.1. The fourth-order valence-electron chi connectivity index (χ4n) is 10.1. The van der Waals surface area contributed by atoms with Gasteiger partial charge in [-0.1, -0.05) is 176 Å². The second kappa shape index (κ2) is 16.0. The summed E-state index contributed by atoms with van der Waals surface area (Å²) in [6.45, 7) is 0. The van der Waals surface area contributed by atoms with Gasteiger partial charge in [-0.3, -0.25) is 0 Å². The summed E-state index contributed by atoms with van der Waals surface area (Å²) >= 11 is 0. The van der Waals surface area contributed by atoms with Gasteiger partial charge in [0.15, 0.2) is 0 Å². The third-order valence-electron chi connectivity index (χ3n) is 13.4. The zero-order valence-electron chi connectivity index (χ0n) is 36.6. The monoisotopic (exact) mass is 854 g/mol. The Morgan fingerprint density at radius 3 is 1.45 bits per heavy atom. The minimum atomic E-state index is 0.892. The number of hydrogen-bond acceptors (Lipinski definition) is 2.